The first-order valence-electron chi connectivity index (χ1n) is 7.74. The number of aliphatic hydroxyl groups excluding tert-OH is 1. The Morgan fingerprint density at radius 2 is 2.13 bits per heavy atom. The summed E-state index contributed by atoms with van der Waals surface area (Å²) in [6.07, 6.45) is -0.337. The summed E-state index contributed by atoms with van der Waals surface area (Å²) in [4.78, 5) is 23.4. The molecular weight excluding hydrogens is 296 g/mol. The summed E-state index contributed by atoms with van der Waals surface area (Å²) in [6.45, 7) is 3.56. The Labute approximate surface area is 135 Å². The van der Waals surface area contributed by atoms with Gasteiger partial charge in [-0.2, -0.15) is 0 Å². The quantitative estimate of drug-likeness (QED) is 0.499. The van der Waals surface area contributed by atoms with E-state index in [4.69, 9.17) is 5.73 Å². The molecule has 0 radical (unpaired) electrons. The van der Waals surface area contributed by atoms with Crippen LogP contribution in [-0.4, -0.2) is 42.8 Å². The molecule has 0 saturated carbocycles. The highest BCUT2D eigenvalue weighted by Crippen LogP contribution is 2.20. The van der Waals surface area contributed by atoms with Gasteiger partial charge in [-0.15, -0.1) is 0 Å². The second kappa shape index (κ2) is 7.94. The van der Waals surface area contributed by atoms with Crippen molar-refractivity contribution in [1.82, 2.24) is 16.0 Å². The van der Waals surface area contributed by atoms with Crippen molar-refractivity contribution in [3.05, 3.63) is 35.4 Å². The molecular formula is C16H24N4O3. The van der Waals surface area contributed by atoms with Crippen molar-refractivity contribution in [3.8, 4) is 0 Å². The minimum atomic E-state index is -0.665. The predicted molar refractivity (Wildman–Crippen MR) is 86.6 cm³/mol. The standard InChI is InChI=1S/C16H24N4O3/c1-10-4-2-3-5-12(10)13(20-16(17)23)6-15(22)19-8-11-7-18-9-14(11)21/h2-5,11,13-14,18,21H,6-9H2,1H3,(H,19,22)(H3,17,20,23). The van der Waals surface area contributed by atoms with E-state index in [9.17, 15) is 14.7 Å². The molecule has 0 bridgehead atoms. The molecule has 23 heavy (non-hydrogen) atoms. The summed E-state index contributed by atoms with van der Waals surface area (Å²) in [5.74, 6) is -0.175. The molecule has 1 aliphatic rings. The van der Waals surface area contributed by atoms with Crippen LogP contribution in [0.5, 0.6) is 0 Å². The van der Waals surface area contributed by atoms with Gasteiger partial charge in [0.05, 0.1) is 18.6 Å². The molecule has 3 atom stereocenters. The molecule has 6 N–H and O–H groups in total. The molecule has 0 aromatic heterocycles. The summed E-state index contributed by atoms with van der Waals surface area (Å²) < 4.78 is 0. The third-order valence-corrected chi connectivity index (χ3v) is 4.14. The smallest absolute Gasteiger partial charge is 0.312 e. The van der Waals surface area contributed by atoms with Crippen molar-refractivity contribution < 1.29 is 14.7 Å². The van der Waals surface area contributed by atoms with Gasteiger partial charge in [0.25, 0.3) is 0 Å². The van der Waals surface area contributed by atoms with Crippen LogP contribution in [0.15, 0.2) is 24.3 Å². The zero-order valence-corrected chi connectivity index (χ0v) is 13.2. The van der Waals surface area contributed by atoms with Crippen molar-refractivity contribution in [2.75, 3.05) is 19.6 Å². The van der Waals surface area contributed by atoms with E-state index in [1.165, 1.54) is 0 Å². The molecule has 0 aliphatic carbocycles. The van der Waals surface area contributed by atoms with Gasteiger partial charge in [0, 0.05) is 25.6 Å². The van der Waals surface area contributed by atoms with Crippen LogP contribution in [0, 0.1) is 12.8 Å². The van der Waals surface area contributed by atoms with Gasteiger partial charge in [0.2, 0.25) is 5.91 Å². The summed E-state index contributed by atoms with van der Waals surface area (Å²) in [5.41, 5.74) is 7.07. The lowest BCUT2D eigenvalue weighted by molar-refractivity contribution is -0.121. The molecule has 0 spiro atoms. The Bertz CT molecular complexity index is 564. The first-order valence-corrected chi connectivity index (χ1v) is 7.74. The number of nitrogens with two attached hydrogens (primary N) is 1. The summed E-state index contributed by atoms with van der Waals surface area (Å²) in [5, 5.41) is 18.2. The molecule has 3 unspecified atom stereocenters. The van der Waals surface area contributed by atoms with Crippen LogP contribution in [0.2, 0.25) is 0 Å². The fourth-order valence-electron chi connectivity index (χ4n) is 2.82. The minimum absolute atomic E-state index is 0.0139. The molecule has 7 heteroatoms. The lowest BCUT2D eigenvalue weighted by Crippen LogP contribution is -2.39. The zero-order chi connectivity index (χ0) is 16.8. The van der Waals surface area contributed by atoms with E-state index < -0.39 is 18.2 Å². The Morgan fingerprint density at radius 3 is 2.74 bits per heavy atom. The number of carbonyl (C=O) groups excluding carboxylic acids is 2. The molecule has 1 fully saturated rings. The molecule has 1 aliphatic heterocycles. The fourth-order valence-corrected chi connectivity index (χ4v) is 2.82. The van der Waals surface area contributed by atoms with Gasteiger partial charge in [-0.25, -0.2) is 4.79 Å². The second-order valence-corrected chi connectivity index (χ2v) is 5.91. The van der Waals surface area contributed by atoms with Crippen molar-refractivity contribution in [1.29, 1.82) is 0 Å². The fraction of sp³-hybridized carbons (Fsp3) is 0.500. The van der Waals surface area contributed by atoms with Gasteiger partial charge in [0.15, 0.2) is 0 Å². The summed E-state index contributed by atoms with van der Waals surface area (Å²) in [7, 11) is 0. The molecule has 7 nitrogen and oxygen atoms in total. The van der Waals surface area contributed by atoms with Gasteiger partial charge >= 0.3 is 6.03 Å². The number of β-amino-alcohol motifs (C(OH)–C–C–N with tert-alkyl or cyclic N) is 1. The highest BCUT2D eigenvalue weighted by molar-refractivity contribution is 5.78. The molecule has 126 valence electrons. The third kappa shape index (κ3) is 4.94. The SMILES string of the molecule is Cc1ccccc1C(CC(=O)NCC1CNCC1O)NC(N)=O. The van der Waals surface area contributed by atoms with Crippen LogP contribution in [0.3, 0.4) is 0 Å². The van der Waals surface area contributed by atoms with Crippen molar-refractivity contribution >= 4 is 11.9 Å². The van der Waals surface area contributed by atoms with Crippen LogP contribution in [0.1, 0.15) is 23.6 Å². The summed E-state index contributed by atoms with van der Waals surface area (Å²) in [6, 6.07) is 6.41. The number of nitrogens with one attached hydrogen (secondary N) is 3. The number of rotatable bonds is 6. The normalized spacial score (nSPS) is 21.7. The van der Waals surface area contributed by atoms with E-state index in [1.807, 2.05) is 31.2 Å². The number of urea groups is 1. The number of carbonyl (C=O) groups is 2. The lowest BCUT2D eigenvalue weighted by atomic mass is 9.98. The number of hydrogen-bond acceptors (Lipinski definition) is 4. The molecule has 1 aromatic rings. The van der Waals surface area contributed by atoms with Gasteiger partial charge in [-0.1, -0.05) is 24.3 Å². The van der Waals surface area contributed by atoms with E-state index in [2.05, 4.69) is 16.0 Å². The minimum Gasteiger partial charge on any atom is -0.391 e. The van der Waals surface area contributed by atoms with Crippen LogP contribution < -0.4 is 21.7 Å². The molecule has 3 amide bonds. The largest absolute Gasteiger partial charge is 0.391 e. The molecule has 1 heterocycles. The number of benzene rings is 1. The number of amides is 3. The highest BCUT2D eigenvalue weighted by Gasteiger charge is 2.26. The Kier molecular flexibility index (Phi) is 5.95. The number of aryl methyl sites for hydroxylation is 1. The Hall–Kier alpha value is -2.12. The first-order chi connectivity index (χ1) is 11.0. The van der Waals surface area contributed by atoms with Gasteiger partial charge < -0.3 is 26.8 Å². The molecule has 1 aromatic carbocycles. The van der Waals surface area contributed by atoms with E-state index in [1.54, 1.807) is 0 Å². The number of primary amides is 1. The first kappa shape index (κ1) is 17.2. The monoisotopic (exact) mass is 320 g/mol. The highest BCUT2D eigenvalue weighted by atomic mass is 16.3. The van der Waals surface area contributed by atoms with Crippen LogP contribution in [0.4, 0.5) is 4.79 Å². The molecule has 1 saturated heterocycles. The Morgan fingerprint density at radius 1 is 1.39 bits per heavy atom. The second-order valence-electron chi connectivity index (χ2n) is 5.91. The maximum atomic E-state index is 12.2. The lowest BCUT2D eigenvalue weighted by Gasteiger charge is -2.20. The van der Waals surface area contributed by atoms with E-state index in [0.29, 0.717) is 19.6 Å². The topological polar surface area (TPSA) is 116 Å². The van der Waals surface area contributed by atoms with Gasteiger partial charge in [-0.3, -0.25) is 4.79 Å². The van der Waals surface area contributed by atoms with Crippen molar-refractivity contribution in [2.24, 2.45) is 11.7 Å². The van der Waals surface area contributed by atoms with Gasteiger partial charge in [0.1, 0.15) is 0 Å². The van der Waals surface area contributed by atoms with Crippen LogP contribution >= 0.6 is 0 Å². The van der Waals surface area contributed by atoms with E-state index in [-0.39, 0.29) is 18.2 Å². The summed E-state index contributed by atoms with van der Waals surface area (Å²) >= 11 is 0. The van der Waals surface area contributed by atoms with Gasteiger partial charge in [-0.05, 0) is 18.1 Å². The maximum absolute atomic E-state index is 12.2. The van der Waals surface area contributed by atoms with Crippen molar-refractivity contribution in [2.45, 2.75) is 25.5 Å². The van der Waals surface area contributed by atoms with E-state index >= 15 is 0 Å². The average molecular weight is 320 g/mol. The average Bonchev–Trinajstić information content (AvgIpc) is 2.90. The van der Waals surface area contributed by atoms with Crippen LogP contribution in [0.25, 0.3) is 0 Å². The van der Waals surface area contributed by atoms with Crippen LogP contribution in [-0.2, 0) is 4.79 Å². The number of aliphatic hydroxyl groups is 1. The Balaban J connectivity index is 1.96. The zero-order valence-electron chi connectivity index (χ0n) is 13.2. The predicted octanol–water partition coefficient (Wildman–Crippen LogP) is -0.209. The third-order valence-electron chi connectivity index (χ3n) is 4.14. The maximum Gasteiger partial charge on any atom is 0.312 e. The van der Waals surface area contributed by atoms with Crippen molar-refractivity contribution in [3.63, 3.8) is 0 Å². The number of hydrogen-bond donors (Lipinski definition) is 5. The van der Waals surface area contributed by atoms with E-state index in [0.717, 1.165) is 11.1 Å². The molecule has 2 rings (SSSR count).